The Balaban J connectivity index is 2.90. The molecule has 0 aliphatic carbocycles. The number of aryl methyl sites for hydroxylation is 1. The van der Waals surface area contributed by atoms with Gasteiger partial charge in [0.2, 0.25) is 0 Å². The summed E-state index contributed by atoms with van der Waals surface area (Å²) < 4.78 is 26.7. The van der Waals surface area contributed by atoms with Gasteiger partial charge in [0, 0.05) is 5.56 Å². The van der Waals surface area contributed by atoms with E-state index in [4.69, 9.17) is 23.2 Å². The molecule has 86 valence electrons. The molecule has 7 heteroatoms. The summed E-state index contributed by atoms with van der Waals surface area (Å²) in [6.45, 7) is 3.51. The molecule has 2 rings (SSSR count). The minimum Gasteiger partial charge on any atom is -0.198 e. The molecular formula is C9H8Cl2N2O2S. The Bertz CT molecular complexity index is 596. The first-order valence-electron chi connectivity index (χ1n) is 4.50. The van der Waals surface area contributed by atoms with Crippen LogP contribution in [0.25, 0.3) is 0 Å². The summed E-state index contributed by atoms with van der Waals surface area (Å²) in [7, 11) is -3.80. The Morgan fingerprint density at radius 2 is 1.94 bits per heavy atom. The molecule has 0 saturated heterocycles. The Hall–Kier alpha value is -0.650. The molecule has 1 unspecified atom stereocenters. The first-order valence-corrected chi connectivity index (χ1v) is 6.70. The Labute approximate surface area is 103 Å². The summed E-state index contributed by atoms with van der Waals surface area (Å²) in [4.78, 5) is -0.0210. The van der Waals surface area contributed by atoms with E-state index in [9.17, 15) is 8.42 Å². The number of hydrogen-bond acceptors (Lipinski definition) is 3. The molecule has 0 bridgehead atoms. The van der Waals surface area contributed by atoms with Crippen molar-refractivity contribution in [2.45, 2.75) is 24.8 Å². The largest absolute Gasteiger partial charge is 0.301 e. The second-order valence-electron chi connectivity index (χ2n) is 3.59. The highest BCUT2D eigenvalue weighted by atomic mass is 35.5. The van der Waals surface area contributed by atoms with Gasteiger partial charge < -0.3 is 0 Å². The number of hydrogen-bond donors (Lipinski definition) is 0. The van der Waals surface area contributed by atoms with Crippen LogP contribution in [0, 0.1) is 6.92 Å². The molecule has 0 saturated carbocycles. The van der Waals surface area contributed by atoms with E-state index in [0.717, 1.165) is 5.56 Å². The average molecular weight is 279 g/mol. The number of rotatable bonds is 0. The lowest BCUT2D eigenvalue weighted by molar-refractivity contribution is 0.581. The van der Waals surface area contributed by atoms with Gasteiger partial charge in [-0.25, -0.2) is 0 Å². The molecule has 1 atom stereocenters. The second kappa shape index (κ2) is 3.68. The van der Waals surface area contributed by atoms with E-state index in [-0.39, 0.29) is 21.0 Å². The highest BCUT2D eigenvalue weighted by molar-refractivity contribution is 7.90. The molecule has 1 aromatic carbocycles. The highest BCUT2D eigenvalue weighted by Gasteiger charge is 2.31. The highest BCUT2D eigenvalue weighted by Crippen LogP contribution is 2.41. The zero-order chi connectivity index (χ0) is 12.1. The number of benzene rings is 1. The van der Waals surface area contributed by atoms with Crippen molar-refractivity contribution in [2.75, 3.05) is 0 Å². The van der Waals surface area contributed by atoms with Crippen LogP contribution in [0.15, 0.2) is 20.6 Å². The van der Waals surface area contributed by atoms with E-state index in [1.807, 2.05) is 0 Å². The van der Waals surface area contributed by atoms with E-state index in [1.54, 1.807) is 19.9 Å². The topological polar surface area (TPSA) is 58.9 Å². The van der Waals surface area contributed by atoms with Gasteiger partial charge in [0.15, 0.2) is 0 Å². The number of fused-ring (bicyclic) bond motifs is 1. The maximum absolute atomic E-state index is 11.7. The SMILES string of the molecule is Cc1cc2c(c(Cl)c1Cl)S(=O)(=O)N=NC2C. The number of nitrogens with zero attached hydrogens (tertiary/aromatic N) is 2. The van der Waals surface area contributed by atoms with Crippen molar-refractivity contribution in [3.8, 4) is 0 Å². The minimum absolute atomic E-state index is 0.0210. The van der Waals surface area contributed by atoms with Crippen molar-refractivity contribution in [1.82, 2.24) is 0 Å². The molecule has 0 amide bonds. The molecular weight excluding hydrogens is 271 g/mol. The second-order valence-corrected chi connectivity index (χ2v) is 5.87. The molecule has 0 N–H and O–H groups in total. The van der Waals surface area contributed by atoms with Crippen LogP contribution in [-0.4, -0.2) is 8.42 Å². The average Bonchev–Trinajstić information content (AvgIpc) is 2.20. The lowest BCUT2D eigenvalue weighted by Gasteiger charge is -2.18. The van der Waals surface area contributed by atoms with Crippen LogP contribution in [0.3, 0.4) is 0 Å². The maximum atomic E-state index is 11.7. The molecule has 0 fully saturated rings. The molecule has 1 aliphatic rings. The molecule has 1 heterocycles. The predicted octanol–water partition coefficient (Wildman–Crippen LogP) is 3.52. The molecule has 4 nitrogen and oxygen atoms in total. The van der Waals surface area contributed by atoms with E-state index < -0.39 is 10.0 Å². The first-order chi connectivity index (χ1) is 7.34. The van der Waals surface area contributed by atoms with Crippen molar-refractivity contribution in [3.63, 3.8) is 0 Å². The summed E-state index contributed by atoms with van der Waals surface area (Å²) in [5.41, 5.74) is 1.27. The predicted molar refractivity (Wildman–Crippen MR) is 61.7 cm³/mol. The summed E-state index contributed by atoms with van der Waals surface area (Å²) in [6, 6.07) is 1.36. The van der Waals surface area contributed by atoms with E-state index >= 15 is 0 Å². The standard InChI is InChI=1S/C9H8Cl2N2O2S/c1-4-3-6-5(2)12-13-16(14,15)9(6)8(11)7(4)10/h3,5H,1-2H3. The summed E-state index contributed by atoms with van der Waals surface area (Å²) in [5.74, 6) is 0. The summed E-state index contributed by atoms with van der Waals surface area (Å²) >= 11 is 11.9. The molecule has 0 radical (unpaired) electrons. The molecule has 16 heavy (non-hydrogen) atoms. The zero-order valence-corrected chi connectivity index (χ0v) is 10.9. The van der Waals surface area contributed by atoms with Gasteiger partial charge in [-0.2, -0.15) is 13.5 Å². The fourth-order valence-electron chi connectivity index (χ4n) is 1.57. The Morgan fingerprint density at radius 1 is 1.31 bits per heavy atom. The molecule has 0 aromatic heterocycles. The van der Waals surface area contributed by atoms with Crippen molar-refractivity contribution in [1.29, 1.82) is 0 Å². The first kappa shape index (κ1) is 11.8. The monoisotopic (exact) mass is 278 g/mol. The van der Waals surface area contributed by atoms with Crippen molar-refractivity contribution >= 4 is 33.2 Å². The smallest absolute Gasteiger partial charge is 0.198 e. The van der Waals surface area contributed by atoms with Crippen molar-refractivity contribution in [2.24, 2.45) is 9.63 Å². The van der Waals surface area contributed by atoms with E-state index in [0.29, 0.717) is 5.56 Å². The summed E-state index contributed by atoms with van der Waals surface area (Å²) in [6.07, 6.45) is 0. The maximum Gasteiger partial charge on any atom is 0.301 e. The van der Waals surface area contributed by atoms with Gasteiger partial charge in [0.05, 0.1) is 16.1 Å². The fraction of sp³-hybridized carbons (Fsp3) is 0.333. The van der Waals surface area contributed by atoms with Crippen LogP contribution in [0.5, 0.6) is 0 Å². The number of sulfonamides is 1. The van der Waals surface area contributed by atoms with Gasteiger partial charge in [0.25, 0.3) is 0 Å². The number of halogens is 2. The third kappa shape index (κ3) is 1.63. The zero-order valence-electron chi connectivity index (χ0n) is 8.53. The van der Waals surface area contributed by atoms with Crippen LogP contribution in [0.4, 0.5) is 0 Å². The van der Waals surface area contributed by atoms with Gasteiger partial charge in [-0.1, -0.05) is 33.8 Å². The van der Waals surface area contributed by atoms with Gasteiger partial charge in [0.1, 0.15) is 4.90 Å². The van der Waals surface area contributed by atoms with Gasteiger partial charge in [-0.3, -0.25) is 0 Å². The van der Waals surface area contributed by atoms with Crippen molar-refractivity contribution < 1.29 is 8.42 Å². The molecule has 1 aromatic rings. The minimum atomic E-state index is -3.80. The Morgan fingerprint density at radius 3 is 2.56 bits per heavy atom. The van der Waals surface area contributed by atoms with Crippen LogP contribution in [0.2, 0.25) is 10.0 Å². The van der Waals surface area contributed by atoms with Gasteiger partial charge in [-0.05, 0) is 19.4 Å². The van der Waals surface area contributed by atoms with Crippen LogP contribution < -0.4 is 0 Å². The Kier molecular flexibility index (Phi) is 2.72. The lowest BCUT2D eigenvalue weighted by Crippen LogP contribution is -2.10. The third-order valence-corrected chi connectivity index (χ3v) is 4.75. The van der Waals surface area contributed by atoms with E-state index in [2.05, 4.69) is 9.63 Å². The fourth-order valence-corrected chi connectivity index (χ4v) is 3.53. The quantitative estimate of drug-likeness (QED) is 0.729. The molecule has 0 spiro atoms. The van der Waals surface area contributed by atoms with Gasteiger partial charge in [-0.15, -0.1) is 0 Å². The summed E-state index contributed by atoms with van der Waals surface area (Å²) in [5, 5.41) is 3.94. The molecule has 1 aliphatic heterocycles. The lowest BCUT2D eigenvalue weighted by atomic mass is 10.1. The van der Waals surface area contributed by atoms with Crippen LogP contribution in [0.1, 0.15) is 24.1 Å². The normalized spacial score (nSPS) is 21.9. The van der Waals surface area contributed by atoms with E-state index in [1.165, 1.54) is 0 Å². The van der Waals surface area contributed by atoms with Crippen LogP contribution in [-0.2, 0) is 10.0 Å². The van der Waals surface area contributed by atoms with Crippen LogP contribution >= 0.6 is 23.2 Å². The van der Waals surface area contributed by atoms with Crippen molar-refractivity contribution in [3.05, 3.63) is 27.2 Å². The third-order valence-electron chi connectivity index (χ3n) is 2.41. The van der Waals surface area contributed by atoms with Gasteiger partial charge >= 0.3 is 10.0 Å².